The maximum atomic E-state index is 9.11. The van der Waals surface area contributed by atoms with Gasteiger partial charge < -0.3 is 14.9 Å². The lowest BCUT2D eigenvalue weighted by Crippen LogP contribution is -2.42. The molecule has 5 heteroatoms. The Morgan fingerprint density at radius 3 is 2.71 bits per heavy atom. The van der Waals surface area contributed by atoms with E-state index in [4.69, 9.17) is 9.63 Å². The van der Waals surface area contributed by atoms with E-state index in [-0.39, 0.29) is 12.1 Å². The molecule has 1 aromatic heterocycles. The fourth-order valence-corrected chi connectivity index (χ4v) is 2.14. The third-order valence-corrected chi connectivity index (χ3v) is 3.83. The highest BCUT2D eigenvalue weighted by Gasteiger charge is 2.21. The van der Waals surface area contributed by atoms with Crippen LogP contribution < -0.4 is 5.32 Å². The highest BCUT2D eigenvalue weighted by Crippen LogP contribution is 2.15. The first-order valence-corrected chi connectivity index (χ1v) is 7.36. The summed E-state index contributed by atoms with van der Waals surface area (Å²) in [4.78, 5) is 4.40. The number of aliphatic hydroxyl groups is 1. The van der Waals surface area contributed by atoms with E-state index in [1.54, 1.807) is 0 Å². The molecule has 114 valence electrons. The van der Waals surface area contributed by atoms with Gasteiger partial charge in [-0.05, 0) is 25.3 Å². The number of aromatic nitrogens is 2. The van der Waals surface area contributed by atoms with Gasteiger partial charge in [-0.15, -0.1) is 0 Å². The summed E-state index contributed by atoms with van der Waals surface area (Å²) < 4.78 is 5.27. The highest BCUT2D eigenvalue weighted by atomic mass is 16.5. The van der Waals surface area contributed by atoms with Gasteiger partial charge in [-0.25, -0.2) is 0 Å². The Bertz CT molecular complexity index is 541. The van der Waals surface area contributed by atoms with Crippen LogP contribution in [-0.4, -0.2) is 27.4 Å². The Kier molecular flexibility index (Phi) is 5.47. The Hall–Kier alpha value is -1.72. The number of hydrogen-bond acceptors (Lipinski definition) is 5. The van der Waals surface area contributed by atoms with E-state index in [0.717, 1.165) is 12.0 Å². The van der Waals surface area contributed by atoms with Gasteiger partial charge in [0.1, 0.15) is 0 Å². The van der Waals surface area contributed by atoms with Crippen LogP contribution in [0.1, 0.15) is 44.0 Å². The smallest absolute Gasteiger partial charge is 0.240 e. The molecule has 0 aliphatic heterocycles. The maximum Gasteiger partial charge on any atom is 0.240 e. The largest absolute Gasteiger partial charge is 0.396 e. The van der Waals surface area contributed by atoms with Crippen molar-refractivity contribution in [2.75, 3.05) is 6.61 Å². The molecule has 1 atom stereocenters. The van der Waals surface area contributed by atoms with Crippen LogP contribution in [0.4, 0.5) is 0 Å². The maximum absolute atomic E-state index is 9.11. The normalized spacial score (nSPS) is 14.0. The van der Waals surface area contributed by atoms with Gasteiger partial charge in [-0.3, -0.25) is 0 Å². The van der Waals surface area contributed by atoms with Gasteiger partial charge in [0.05, 0.1) is 6.54 Å². The first-order chi connectivity index (χ1) is 10.1. The molecule has 2 rings (SSSR count). The van der Waals surface area contributed by atoms with Crippen LogP contribution in [0.2, 0.25) is 0 Å². The van der Waals surface area contributed by atoms with E-state index >= 15 is 0 Å². The first kappa shape index (κ1) is 15.7. The van der Waals surface area contributed by atoms with Gasteiger partial charge in [0, 0.05) is 18.6 Å². The summed E-state index contributed by atoms with van der Waals surface area (Å²) in [6.45, 7) is 4.87. The van der Waals surface area contributed by atoms with E-state index < -0.39 is 0 Å². The minimum atomic E-state index is -0.108. The van der Waals surface area contributed by atoms with Crippen LogP contribution in [0.5, 0.6) is 0 Å². The molecule has 0 aliphatic rings. The molecule has 1 heterocycles. The zero-order valence-corrected chi connectivity index (χ0v) is 12.7. The lowest BCUT2D eigenvalue weighted by Gasteiger charge is -2.28. The van der Waals surface area contributed by atoms with Crippen LogP contribution in [0.25, 0.3) is 0 Å². The third kappa shape index (κ3) is 4.65. The lowest BCUT2D eigenvalue weighted by molar-refractivity contribution is 0.208. The molecule has 2 aromatic rings. The monoisotopic (exact) mass is 289 g/mol. The van der Waals surface area contributed by atoms with Gasteiger partial charge in [0.25, 0.3) is 0 Å². The van der Waals surface area contributed by atoms with Crippen molar-refractivity contribution < 1.29 is 9.63 Å². The molecule has 0 amide bonds. The van der Waals surface area contributed by atoms with Crippen LogP contribution in [0.3, 0.4) is 0 Å². The zero-order chi connectivity index (χ0) is 15.1. The molecule has 21 heavy (non-hydrogen) atoms. The van der Waals surface area contributed by atoms with Gasteiger partial charge in [-0.1, -0.05) is 42.4 Å². The van der Waals surface area contributed by atoms with Crippen LogP contribution in [0, 0.1) is 0 Å². The Morgan fingerprint density at radius 1 is 1.29 bits per heavy atom. The van der Waals surface area contributed by atoms with Crippen molar-refractivity contribution in [3.63, 3.8) is 0 Å². The second-order valence-corrected chi connectivity index (χ2v) is 5.51. The number of nitrogens with zero attached hydrogens (tertiary/aromatic N) is 2. The van der Waals surface area contributed by atoms with Gasteiger partial charge >= 0.3 is 0 Å². The molecule has 0 saturated carbocycles. The lowest BCUT2D eigenvalue weighted by atomic mass is 9.95. The molecule has 0 fully saturated rings. The fourth-order valence-electron chi connectivity index (χ4n) is 2.14. The minimum Gasteiger partial charge on any atom is -0.396 e. The number of aliphatic hydroxyl groups excluding tert-OH is 1. The average molecular weight is 289 g/mol. The summed E-state index contributed by atoms with van der Waals surface area (Å²) in [6.07, 6.45) is 2.30. The van der Waals surface area contributed by atoms with Crippen molar-refractivity contribution in [1.82, 2.24) is 15.5 Å². The molecular formula is C16H23N3O2. The summed E-state index contributed by atoms with van der Waals surface area (Å²) in [5.41, 5.74) is 1.06. The van der Waals surface area contributed by atoms with Crippen molar-refractivity contribution in [2.45, 2.75) is 45.2 Å². The van der Waals surface area contributed by atoms with Gasteiger partial charge in [0.2, 0.25) is 5.89 Å². The van der Waals surface area contributed by atoms with Crippen LogP contribution in [0.15, 0.2) is 34.9 Å². The summed E-state index contributed by atoms with van der Waals surface area (Å²) in [7, 11) is 0. The molecule has 2 N–H and O–H groups in total. The summed E-state index contributed by atoms with van der Waals surface area (Å²) in [5.74, 6) is 1.27. The van der Waals surface area contributed by atoms with Crippen molar-refractivity contribution in [3.05, 3.63) is 47.6 Å². The number of hydrogen-bond donors (Lipinski definition) is 2. The molecule has 0 aliphatic carbocycles. The average Bonchev–Trinajstić information content (AvgIpc) is 2.94. The number of benzene rings is 1. The molecular weight excluding hydrogens is 266 g/mol. The predicted octanol–water partition coefficient (Wildman–Crippen LogP) is 2.30. The van der Waals surface area contributed by atoms with Crippen molar-refractivity contribution in [1.29, 1.82) is 0 Å². The fraction of sp³-hybridized carbons (Fsp3) is 0.500. The third-order valence-electron chi connectivity index (χ3n) is 3.83. The van der Waals surface area contributed by atoms with E-state index in [0.29, 0.717) is 31.1 Å². The van der Waals surface area contributed by atoms with Crippen molar-refractivity contribution >= 4 is 0 Å². The molecule has 5 nitrogen and oxygen atoms in total. The molecule has 0 spiro atoms. The SMILES string of the molecule is CCC(C)(CCO)NCc1nc(Cc2ccccc2)no1. The highest BCUT2D eigenvalue weighted by molar-refractivity contribution is 5.18. The standard InChI is InChI=1S/C16H23N3O2/c1-3-16(2,9-10-20)17-12-15-18-14(19-21-15)11-13-7-5-4-6-8-13/h4-8,17,20H,3,9-12H2,1-2H3. The number of nitrogens with one attached hydrogen (secondary N) is 1. The van der Waals surface area contributed by atoms with E-state index in [9.17, 15) is 0 Å². The molecule has 0 saturated heterocycles. The van der Waals surface area contributed by atoms with Crippen molar-refractivity contribution in [3.8, 4) is 0 Å². The minimum absolute atomic E-state index is 0.108. The molecule has 1 aromatic carbocycles. The summed E-state index contributed by atoms with van der Waals surface area (Å²) in [6, 6.07) is 10.1. The van der Waals surface area contributed by atoms with Gasteiger partial charge in [0.15, 0.2) is 5.82 Å². The Balaban J connectivity index is 1.91. The Labute approximate surface area is 125 Å². The predicted molar refractivity (Wildman–Crippen MR) is 80.8 cm³/mol. The summed E-state index contributed by atoms with van der Waals surface area (Å²) >= 11 is 0. The number of rotatable bonds is 8. The quantitative estimate of drug-likeness (QED) is 0.780. The molecule has 0 bridgehead atoms. The second kappa shape index (κ2) is 7.33. The van der Waals surface area contributed by atoms with Crippen LogP contribution in [-0.2, 0) is 13.0 Å². The second-order valence-electron chi connectivity index (χ2n) is 5.51. The zero-order valence-electron chi connectivity index (χ0n) is 12.7. The first-order valence-electron chi connectivity index (χ1n) is 7.36. The van der Waals surface area contributed by atoms with E-state index in [1.165, 1.54) is 0 Å². The van der Waals surface area contributed by atoms with Crippen LogP contribution >= 0.6 is 0 Å². The Morgan fingerprint density at radius 2 is 2.05 bits per heavy atom. The molecule has 1 unspecified atom stereocenters. The topological polar surface area (TPSA) is 71.2 Å². The van der Waals surface area contributed by atoms with Crippen molar-refractivity contribution in [2.24, 2.45) is 0 Å². The van der Waals surface area contributed by atoms with E-state index in [2.05, 4.69) is 29.3 Å². The van der Waals surface area contributed by atoms with Gasteiger partial charge in [-0.2, -0.15) is 4.98 Å². The molecule has 0 radical (unpaired) electrons. The summed E-state index contributed by atoms with van der Waals surface area (Å²) in [5, 5.41) is 16.5. The van der Waals surface area contributed by atoms with E-state index in [1.807, 2.05) is 30.3 Å².